The fraction of sp³-hybridized carbons (Fsp3) is 0.182. The Morgan fingerprint density at radius 2 is 2.14 bits per heavy atom. The Labute approximate surface area is 92.3 Å². The van der Waals surface area contributed by atoms with Gasteiger partial charge in [-0.1, -0.05) is 17.7 Å². The monoisotopic (exact) mass is 226 g/mol. The molecular weight excluding hydrogens is 219 g/mol. The van der Waals surface area contributed by atoms with E-state index in [-0.39, 0.29) is 0 Å². The Balaban J connectivity index is 2.45. The Hall–Kier alpha value is -0.790. The van der Waals surface area contributed by atoms with E-state index < -0.39 is 5.24 Å². The maximum Gasteiger partial charge on any atom is 0.245 e. The molecule has 2 rings (SSSR count). The standard InChI is InChI=1S/C11H8Cl2O/c12-9-3-4-10-7(5-9)1-2-8(10)6-11(13)14/h3-6H,1-2H2. The third-order valence-electron chi connectivity index (χ3n) is 2.36. The molecule has 0 heterocycles. The first-order valence-corrected chi connectivity index (χ1v) is 5.11. The van der Waals surface area contributed by atoms with Crippen LogP contribution < -0.4 is 0 Å². The van der Waals surface area contributed by atoms with Gasteiger partial charge in [-0.3, -0.25) is 4.79 Å². The molecule has 0 radical (unpaired) electrons. The Bertz CT molecular complexity index is 421. The molecule has 0 fully saturated rings. The first kappa shape index (κ1) is 9.75. The first-order valence-electron chi connectivity index (χ1n) is 4.35. The van der Waals surface area contributed by atoms with Crippen LogP contribution in [0.3, 0.4) is 0 Å². The van der Waals surface area contributed by atoms with Gasteiger partial charge in [0.1, 0.15) is 0 Å². The number of allylic oxidation sites excluding steroid dienone is 2. The largest absolute Gasteiger partial charge is 0.276 e. The summed E-state index contributed by atoms with van der Waals surface area (Å²) in [7, 11) is 0. The molecule has 1 aromatic carbocycles. The van der Waals surface area contributed by atoms with Gasteiger partial charge in [-0.25, -0.2) is 0 Å². The van der Waals surface area contributed by atoms with Crippen molar-refractivity contribution in [3.63, 3.8) is 0 Å². The number of benzene rings is 1. The summed E-state index contributed by atoms with van der Waals surface area (Å²) in [5, 5.41) is 0.324. The third-order valence-corrected chi connectivity index (χ3v) is 2.71. The van der Waals surface area contributed by atoms with Crippen molar-refractivity contribution < 1.29 is 4.79 Å². The zero-order chi connectivity index (χ0) is 10.1. The molecule has 3 heteroatoms. The van der Waals surface area contributed by atoms with Crippen molar-refractivity contribution in [3.05, 3.63) is 40.4 Å². The van der Waals surface area contributed by atoms with Gasteiger partial charge in [-0.05, 0) is 53.3 Å². The van der Waals surface area contributed by atoms with Crippen molar-refractivity contribution in [2.24, 2.45) is 0 Å². The van der Waals surface area contributed by atoms with Crippen LogP contribution in [0.15, 0.2) is 24.3 Å². The van der Waals surface area contributed by atoms with Gasteiger partial charge in [-0.15, -0.1) is 0 Å². The van der Waals surface area contributed by atoms with Crippen molar-refractivity contribution in [2.45, 2.75) is 12.8 Å². The number of halogens is 2. The molecule has 0 aliphatic heterocycles. The number of carbonyl (C=O) groups is 1. The first-order chi connectivity index (χ1) is 6.66. The summed E-state index contributed by atoms with van der Waals surface area (Å²) in [4.78, 5) is 10.7. The van der Waals surface area contributed by atoms with Gasteiger partial charge in [0.15, 0.2) is 0 Å². The number of rotatable bonds is 1. The number of hydrogen-bond acceptors (Lipinski definition) is 1. The minimum absolute atomic E-state index is 0.414. The molecule has 0 amide bonds. The highest BCUT2D eigenvalue weighted by atomic mass is 35.5. The van der Waals surface area contributed by atoms with Gasteiger partial charge in [0, 0.05) is 11.1 Å². The highest BCUT2D eigenvalue weighted by molar-refractivity contribution is 6.67. The summed E-state index contributed by atoms with van der Waals surface area (Å²) in [5.41, 5.74) is 3.31. The lowest BCUT2D eigenvalue weighted by Crippen LogP contribution is -1.83. The maximum atomic E-state index is 10.7. The molecule has 72 valence electrons. The second kappa shape index (κ2) is 3.76. The van der Waals surface area contributed by atoms with Crippen LogP contribution in [-0.2, 0) is 11.2 Å². The van der Waals surface area contributed by atoms with Crippen LogP contribution in [0, 0.1) is 0 Å². The summed E-state index contributed by atoms with van der Waals surface area (Å²) in [5.74, 6) is 0. The quantitative estimate of drug-likeness (QED) is 0.530. The predicted octanol–water partition coefficient (Wildman–Crippen LogP) is 3.44. The zero-order valence-electron chi connectivity index (χ0n) is 7.39. The van der Waals surface area contributed by atoms with Crippen molar-refractivity contribution in [2.75, 3.05) is 0 Å². The molecule has 0 saturated heterocycles. The lowest BCUT2D eigenvalue weighted by atomic mass is 10.1. The fourth-order valence-corrected chi connectivity index (χ4v) is 2.10. The average Bonchev–Trinajstić information content (AvgIpc) is 2.47. The maximum absolute atomic E-state index is 10.7. The number of carbonyl (C=O) groups excluding carboxylic acids is 1. The summed E-state index contributed by atoms with van der Waals surface area (Å²) >= 11 is 11.2. The van der Waals surface area contributed by atoms with E-state index in [2.05, 4.69) is 0 Å². The Morgan fingerprint density at radius 3 is 2.86 bits per heavy atom. The van der Waals surface area contributed by atoms with E-state index in [0.29, 0.717) is 0 Å². The predicted molar refractivity (Wildman–Crippen MR) is 58.6 cm³/mol. The third kappa shape index (κ3) is 1.84. The van der Waals surface area contributed by atoms with Crippen LogP contribution in [0.4, 0.5) is 0 Å². The molecule has 0 aromatic heterocycles. The highest BCUT2D eigenvalue weighted by Gasteiger charge is 2.16. The zero-order valence-corrected chi connectivity index (χ0v) is 8.90. The fourth-order valence-electron chi connectivity index (χ4n) is 1.77. The van der Waals surface area contributed by atoms with Crippen LogP contribution >= 0.6 is 23.2 Å². The van der Waals surface area contributed by atoms with Gasteiger partial charge in [-0.2, -0.15) is 0 Å². The minimum Gasteiger partial charge on any atom is -0.276 e. The highest BCUT2D eigenvalue weighted by Crippen LogP contribution is 2.33. The second-order valence-corrected chi connectivity index (χ2v) is 4.08. The van der Waals surface area contributed by atoms with Crippen LogP contribution in [-0.4, -0.2) is 5.24 Å². The SMILES string of the molecule is O=C(Cl)C=C1CCc2cc(Cl)ccc21. The molecule has 0 bridgehead atoms. The second-order valence-electron chi connectivity index (χ2n) is 3.28. The van der Waals surface area contributed by atoms with Crippen LogP contribution in [0.5, 0.6) is 0 Å². The van der Waals surface area contributed by atoms with Gasteiger partial charge >= 0.3 is 0 Å². The normalized spacial score (nSPS) is 17.1. The van der Waals surface area contributed by atoms with Crippen molar-refractivity contribution in [1.82, 2.24) is 0 Å². The topological polar surface area (TPSA) is 17.1 Å². The molecule has 14 heavy (non-hydrogen) atoms. The van der Waals surface area contributed by atoms with Crippen molar-refractivity contribution in [3.8, 4) is 0 Å². The molecular formula is C11H8Cl2O. The van der Waals surface area contributed by atoms with E-state index in [1.165, 1.54) is 11.6 Å². The average molecular weight is 227 g/mol. The van der Waals surface area contributed by atoms with E-state index in [1.807, 2.05) is 18.2 Å². The molecule has 1 nitrogen and oxygen atoms in total. The summed E-state index contributed by atoms with van der Waals surface area (Å²) in [6.07, 6.45) is 3.29. The molecule has 0 spiro atoms. The van der Waals surface area contributed by atoms with Crippen molar-refractivity contribution >= 4 is 34.0 Å². The van der Waals surface area contributed by atoms with Gasteiger partial charge in [0.2, 0.25) is 5.24 Å². The Morgan fingerprint density at radius 1 is 1.36 bits per heavy atom. The van der Waals surface area contributed by atoms with Gasteiger partial charge in [0.05, 0.1) is 0 Å². The van der Waals surface area contributed by atoms with E-state index in [9.17, 15) is 4.79 Å². The molecule has 0 atom stereocenters. The van der Waals surface area contributed by atoms with E-state index in [0.717, 1.165) is 29.0 Å². The Kier molecular flexibility index (Phi) is 2.62. The van der Waals surface area contributed by atoms with E-state index in [4.69, 9.17) is 23.2 Å². The smallest absolute Gasteiger partial charge is 0.245 e. The van der Waals surface area contributed by atoms with Crippen molar-refractivity contribution in [1.29, 1.82) is 0 Å². The van der Waals surface area contributed by atoms with E-state index in [1.54, 1.807) is 0 Å². The molecule has 0 unspecified atom stereocenters. The molecule has 1 aliphatic rings. The summed E-state index contributed by atoms with van der Waals surface area (Å²) in [6.45, 7) is 0. The molecule has 1 aromatic rings. The van der Waals surface area contributed by atoms with E-state index >= 15 is 0 Å². The number of fused-ring (bicyclic) bond motifs is 1. The lowest BCUT2D eigenvalue weighted by molar-refractivity contribution is -0.107. The summed E-state index contributed by atoms with van der Waals surface area (Å²) < 4.78 is 0. The lowest BCUT2D eigenvalue weighted by Gasteiger charge is -1.99. The number of hydrogen-bond donors (Lipinski definition) is 0. The van der Waals surface area contributed by atoms with Crippen LogP contribution in [0.2, 0.25) is 5.02 Å². The van der Waals surface area contributed by atoms with Crippen LogP contribution in [0.1, 0.15) is 17.5 Å². The molecule has 0 N–H and O–H groups in total. The summed E-state index contributed by atoms with van der Waals surface area (Å²) in [6, 6.07) is 5.71. The van der Waals surface area contributed by atoms with Gasteiger partial charge < -0.3 is 0 Å². The number of aryl methyl sites for hydroxylation is 1. The minimum atomic E-state index is -0.414. The van der Waals surface area contributed by atoms with Crippen LogP contribution in [0.25, 0.3) is 5.57 Å². The molecule has 1 aliphatic carbocycles. The molecule has 0 saturated carbocycles. The van der Waals surface area contributed by atoms with Gasteiger partial charge in [0.25, 0.3) is 0 Å².